The first-order valence-electron chi connectivity index (χ1n) is 3.49. The van der Waals surface area contributed by atoms with Gasteiger partial charge in [-0.25, -0.2) is 0 Å². The molecule has 0 radical (unpaired) electrons. The maximum Gasteiger partial charge on any atom is 0.322 e. The molecule has 1 N–H and O–H groups in total. The normalized spacial score (nSPS) is 9.27. The Hall–Kier alpha value is -1.08. The number of carbonyl (C=O) groups excluding carboxylic acids is 1. The fourth-order valence-corrected chi connectivity index (χ4v) is 0.637. The van der Waals surface area contributed by atoms with E-state index in [0.717, 1.165) is 13.0 Å². The lowest BCUT2D eigenvalue weighted by atomic mass is 10.4. The van der Waals surface area contributed by atoms with Crippen LogP contribution >= 0.6 is 0 Å². The number of rotatable bonds is 4. The van der Waals surface area contributed by atoms with Crippen LogP contribution in [0, 0.1) is 11.3 Å². The summed E-state index contributed by atoms with van der Waals surface area (Å²) in [5.41, 5.74) is 0. The molecule has 0 aliphatic rings. The lowest BCUT2D eigenvalue weighted by molar-refractivity contribution is -0.115. The van der Waals surface area contributed by atoms with Gasteiger partial charge < -0.3 is 10.2 Å². The Labute approximate surface area is 66.8 Å². The highest BCUT2D eigenvalue weighted by molar-refractivity contribution is 5.91. The minimum absolute atomic E-state index is 0.552. The van der Waals surface area contributed by atoms with Crippen LogP contribution in [0.15, 0.2) is 0 Å². The highest BCUT2D eigenvalue weighted by atomic mass is 16.1. The molecule has 4 nitrogen and oxygen atoms in total. The van der Waals surface area contributed by atoms with E-state index in [-0.39, 0.29) is 0 Å². The van der Waals surface area contributed by atoms with Crippen LogP contribution in [0.1, 0.15) is 6.42 Å². The van der Waals surface area contributed by atoms with Gasteiger partial charge in [-0.15, -0.1) is 0 Å². The summed E-state index contributed by atoms with van der Waals surface area (Å²) < 4.78 is 0. The minimum atomic E-state index is -0.552. The summed E-state index contributed by atoms with van der Waals surface area (Å²) >= 11 is 0. The van der Waals surface area contributed by atoms with Gasteiger partial charge >= 0.3 is 5.91 Å². The molecule has 0 spiro atoms. The lowest BCUT2D eigenvalue weighted by Crippen LogP contribution is -2.25. The molecular weight excluding hydrogens is 142 g/mol. The third-order valence-corrected chi connectivity index (χ3v) is 1.17. The highest BCUT2D eigenvalue weighted by Crippen LogP contribution is 1.79. The Bertz CT molecular complexity index is 160. The van der Waals surface area contributed by atoms with E-state index in [2.05, 4.69) is 5.32 Å². The monoisotopic (exact) mass is 155 g/mol. The van der Waals surface area contributed by atoms with Crippen molar-refractivity contribution in [1.82, 2.24) is 10.2 Å². The van der Waals surface area contributed by atoms with Gasteiger partial charge in [0.05, 0.1) is 0 Å². The van der Waals surface area contributed by atoms with Crippen LogP contribution in [-0.4, -0.2) is 38.0 Å². The summed E-state index contributed by atoms with van der Waals surface area (Å²) in [4.78, 5) is 12.4. The van der Waals surface area contributed by atoms with Gasteiger partial charge in [0.25, 0.3) is 0 Å². The quantitative estimate of drug-likeness (QED) is 0.443. The van der Waals surface area contributed by atoms with E-state index in [4.69, 9.17) is 5.26 Å². The van der Waals surface area contributed by atoms with Gasteiger partial charge in [0.15, 0.2) is 6.07 Å². The zero-order valence-corrected chi connectivity index (χ0v) is 6.92. The molecule has 0 saturated heterocycles. The molecule has 0 aromatic heterocycles. The Kier molecular flexibility index (Phi) is 5.13. The first kappa shape index (κ1) is 9.92. The smallest absolute Gasteiger partial charge is 0.322 e. The molecule has 0 aromatic rings. The Morgan fingerprint density at radius 1 is 1.64 bits per heavy atom. The van der Waals surface area contributed by atoms with Crippen LogP contribution < -0.4 is 5.32 Å². The van der Waals surface area contributed by atoms with E-state index >= 15 is 0 Å². The van der Waals surface area contributed by atoms with E-state index in [1.807, 2.05) is 19.0 Å². The molecule has 62 valence electrons. The molecule has 11 heavy (non-hydrogen) atoms. The summed E-state index contributed by atoms with van der Waals surface area (Å²) in [7, 11) is 3.93. The number of nitrogens with one attached hydrogen (secondary N) is 1. The van der Waals surface area contributed by atoms with Crippen molar-refractivity contribution < 1.29 is 4.79 Å². The second kappa shape index (κ2) is 5.69. The number of nitriles is 1. The van der Waals surface area contributed by atoms with Crippen LogP contribution in [0.2, 0.25) is 0 Å². The summed E-state index contributed by atoms with van der Waals surface area (Å²) in [6.45, 7) is 1.50. The number of amides is 1. The molecule has 0 rings (SSSR count). The summed E-state index contributed by atoms with van der Waals surface area (Å²) in [6.07, 6.45) is 0.875. The van der Waals surface area contributed by atoms with E-state index in [1.54, 1.807) is 0 Å². The lowest BCUT2D eigenvalue weighted by Gasteiger charge is -2.07. The highest BCUT2D eigenvalue weighted by Gasteiger charge is 1.95. The SMILES string of the molecule is CN(C)CCCNC(=O)C#N. The molecular formula is C7H13N3O. The van der Waals surface area contributed by atoms with Gasteiger partial charge in [-0.2, -0.15) is 5.26 Å². The number of hydrogen-bond acceptors (Lipinski definition) is 3. The second-order valence-electron chi connectivity index (χ2n) is 2.52. The molecule has 0 atom stereocenters. The van der Waals surface area contributed by atoms with Crippen molar-refractivity contribution in [1.29, 1.82) is 5.26 Å². The number of hydrogen-bond donors (Lipinski definition) is 1. The van der Waals surface area contributed by atoms with Gasteiger partial charge in [-0.1, -0.05) is 0 Å². The standard InChI is InChI=1S/C7H13N3O/c1-10(2)5-3-4-9-7(11)6-8/h3-5H2,1-2H3,(H,9,11). The topological polar surface area (TPSA) is 56.1 Å². The molecule has 1 amide bonds. The Morgan fingerprint density at radius 2 is 2.27 bits per heavy atom. The van der Waals surface area contributed by atoms with Crippen molar-refractivity contribution in [3.05, 3.63) is 0 Å². The first-order valence-corrected chi connectivity index (χ1v) is 3.49. The molecule has 0 aliphatic heterocycles. The van der Waals surface area contributed by atoms with Crippen molar-refractivity contribution in [2.24, 2.45) is 0 Å². The average molecular weight is 155 g/mol. The predicted molar refractivity (Wildman–Crippen MR) is 41.8 cm³/mol. The van der Waals surface area contributed by atoms with Crippen molar-refractivity contribution in [2.75, 3.05) is 27.2 Å². The summed E-state index contributed by atoms with van der Waals surface area (Å²) in [5.74, 6) is -0.552. The van der Waals surface area contributed by atoms with Gasteiger partial charge in [0.1, 0.15) is 0 Å². The molecule has 0 aliphatic carbocycles. The van der Waals surface area contributed by atoms with Gasteiger partial charge in [0, 0.05) is 6.54 Å². The van der Waals surface area contributed by atoms with Crippen molar-refractivity contribution >= 4 is 5.91 Å². The van der Waals surface area contributed by atoms with Crippen LogP contribution in [0.3, 0.4) is 0 Å². The summed E-state index contributed by atoms with van der Waals surface area (Å²) in [6, 6.07) is 1.49. The van der Waals surface area contributed by atoms with E-state index < -0.39 is 5.91 Å². The summed E-state index contributed by atoms with van der Waals surface area (Å²) in [5, 5.41) is 10.5. The number of carbonyl (C=O) groups is 1. The maximum atomic E-state index is 10.4. The van der Waals surface area contributed by atoms with E-state index in [1.165, 1.54) is 6.07 Å². The third kappa shape index (κ3) is 6.81. The van der Waals surface area contributed by atoms with Crippen LogP contribution in [0.5, 0.6) is 0 Å². The second-order valence-corrected chi connectivity index (χ2v) is 2.52. The third-order valence-electron chi connectivity index (χ3n) is 1.17. The zero-order chi connectivity index (χ0) is 8.69. The fourth-order valence-electron chi connectivity index (χ4n) is 0.637. The molecule has 0 unspecified atom stereocenters. The average Bonchev–Trinajstić information content (AvgIpc) is 1.97. The van der Waals surface area contributed by atoms with Crippen molar-refractivity contribution in [3.8, 4) is 6.07 Å². The van der Waals surface area contributed by atoms with E-state index in [0.29, 0.717) is 6.54 Å². The van der Waals surface area contributed by atoms with Gasteiger partial charge in [0.2, 0.25) is 0 Å². The zero-order valence-electron chi connectivity index (χ0n) is 6.92. The fraction of sp³-hybridized carbons (Fsp3) is 0.714. The molecule has 0 aromatic carbocycles. The molecule has 0 fully saturated rings. The number of nitrogens with zero attached hydrogens (tertiary/aromatic N) is 2. The largest absolute Gasteiger partial charge is 0.343 e. The predicted octanol–water partition coefficient (Wildman–Crippen LogP) is -0.422. The first-order chi connectivity index (χ1) is 5.16. The van der Waals surface area contributed by atoms with Gasteiger partial charge in [-0.3, -0.25) is 4.79 Å². The van der Waals surface area contributed by atoms with Crippen LogP contribution in [-0.2, 0) is 4.79 Å². The van der Waals surface area contributed by atoms with Crippen molar-refractivity contribution in [3.63, 3.8) is 0 Å². The maximum absolute atomic E-state index is 10.4. The molecule has 0 heterocycles. The van der Waals surface area contributed by atoms with Gasteiger partial charge in [-0.05, 0) is 27.1 Å². The minimum Gasteiger partial charge on any atom is -0.343 e. The van der Waals surface area contributed by atoms with Crippen LogP contribution in [0.4, 0.5) is 0 Å². The van der Waals surface area contributed by atoms with E-state index in [9.17, 15) is 4.79 Å². The van der Waals surface area contributed by atoms with Crippen LogP contribution in [0.25, 0.3) is 0 Å². The Balaban J connectivity index is 3.16. The molecule has 0 saturated carbocycles. The Morgan fingerprint density at radius 3 is 2.73 bits per heavy atom. The molecule has 4 heteroatoms. The van der Waals surface area contributed by atoms with Crippen molar-refractivity contribution in [2.45, 2.75) is 6.42 Å². The molecule has 0 bridgehead atoms.